The van der Waals surface area contributed by atoms with Gasteiger partial charge in [0.15, 0.2) is 0 Å². The average Bonchev–Trinajstić information content (AvgIpc) is 2.28. The molecule has 0 saturated heterocycles. The summed E-state index contributed by atoms with van der Waals surface area (Å²) in [4.78, 5) is 1.85. The van der Waals surface area contributed by atoms with Crippen LogP contribution >= 0.6 is 0 Å². The summed E-state index contributed by atoms with van der Waals surface area (Å²) in [6.07, 6.45) is -0.437. The molecule has 0 aliphatic rings. The molecule has 0 amide bonds. The van der Waals surface area contributed by atoms with E-state index in [0.717, 1.165) is 0 Å². The topological polar surface area (TPSA) is 43.7 Å². The van der Waals surface area contributed by atoms with Crippen molar-refractivity contribution in [3.8, 4) is 11.8 Å². The predicted molar refractivity (Wildman–Crippen MR) is 68.4 cm³/mol. The van der Waals surface area contributed by atoms with Crippen LogP contribution in [0, 0.1) is 17.7 Å². The summed E-state index contributed by atoms with van der Waals surface area (Å²) >= 11 is 0. The van der Waals surface area contributed by atoms with Crippen molar-refractivity contribution < 1.29 is 14.6 Å². The Morgan fingerprint density at radius 3 is 2.72 bits per heavy atom. The SMILES string of the molecule is CC(O)CN(C)Cc1ccc(C#CCO)cc1F. The van der Waals surface area contributed by atoms with Crippen molar-refractivity contribution in [3.05, 3.63) is 35.1 Å². The Labute approximate surface area is 107 Å². The van der Waals surface area contributed by atoms with Crippen LogP contribution in [0.3, 0.4) is 0 Å². The minimum atomic E-state index is -0.437. The van der Waals surface area contributed by atoms with Crippen LogP contribution in [-0.4, -0.2) is 41.4 Å². The Kier molecular flexibility index (Phi) is 5.79. The van der Waals surface area contributed by atoms with Crippen LogP contribution < -0.4 is 0 Å². The number of aliphatic hydroxyl groups excluding tert-OH is 2. The molecule has 4 heteroatoms. The van der Waals surface area contributed by atoms with E-state index in [-0.39, 0.29) is 12.4 Å². The average molecular weight is 251 g/mol. The number of likely N-dealkylation sites (N-methyl/N-ethyl adjacent to an activating group) is 1. The van der Waals surface area contributed by atoms with Gasteiger partial charge in [0.25, 0.3) is 0 Å². The molecule has 0 fully saturated rings. The molecule has 0 aliphatic heterocycles. The third-order valence-electron chi connectivity index (χ3n) is 2.38. The highest BCUT2D eigenvalue weighted by Gasteiger charge is 2.08. The fraction of sp³-hybridized carbons (Fsp3) is 0.429. The quantitative estimate of drug-likeness (QED) is 0.784. The van der Waals surface area contributed by atoms with E-state index < -0.39 is 6.10 Å². The summed E-state index contributed by atoms with van der Waals surface area (Å²) in [7, 11) is 1.83. The summed E-state index contributed by atoms with van der Waals surface area (Å²) < 4.78 is 13.8. The molecule has 1 atom stereocenters. The molecule has 0 radical (unpaired) electrons. The second-order valence-corrected chi connectivity index (χ2v) is 4.31. The van der Waals surface area contributed by atoms with Gasteiger partial charge >= 0.3 is 0 Å². The second-order valence-electron chi connectivity index (χ2n) is 4.31. The maximum atomic E-state index is 13.8. The Hall–Kier alpha value is -1.41. The normalized spacial score (nSPS) is 12.1. The Bertz CT molecular complexity index is 449. The molecule has 1 unspecified atom stereocenters. The van der Waals surface area contributed by atoms with Gasteiger partial charge in [0.1, 0.15) is 12.4 Å². The van der Waals surface area contributed by atoms with Crippen LogP contribution in [0.2, 0.25) is 0 Å². The minimum Gasteiger partial charge on any atom is -0.392 e. The summed E-state index contributed by atoms with van der Waals surface area (Å²) in [5.74, 6) is 4.81. The maximum Gasteiger partial charge on any atom is 0.128 e. The van der Waals surface area contributed by atoms with Crippen molar-refractivity contribution in [1.82, 2.24) is 4.90 Å². The van der Waals surface area contributed by atoms with Gasteiger partial charge in [-0.25, -0.2) is 4.39 Å². The van der Waals surface area contributed by atoms with Crippen LogP contribution in [-0.2, 0) is 6.54 Å². The number of benzene rings is 1. The second kappa shape index (κ2) is 7.12. The number of hydrogen-bond donors (Lipinski definition) is 2. The largest absolute Gasteiger partial charge is 0.392 e. The molecular formula is C14H18FNO2. The lowest BCUT2D eigenvalue weighted by Gasteiger charge is -2.18. The molecule has 2 N–H and O–H groups in total. The zero-order valence-corrected chi connectivity index (χ0v) is 10.7. The van der Waals surface area contributed by atoms with Crippen LogP contribution in [0.4, 0.5) is 4.39 Å². The summed E-state index contributed by atoms with van der Waals surface area (Å²) in [6, 6.07) is 4.75. The first-order valence-corrected chi connectivity index (χ1v) is 5.77. The first-order chi connectivity index (χ1) is 8.52. The first-order valence-electron chi connectivity index (χ1n) is 5.77. The van der Waals surface area contributed by atoms with Crippen molar-refractivity contribution >= 4 is 0 Å². The Morgan fingerprint density at radius 1 is 1.44 bits per heavy atom. The highest BCUT2D eigenvalue weighted by molar-refractivity contribution is 5.37. The monoisotopic (exact) mass is 251 g/mol. The van der Waals surface area contributed by atoms with Gasteiger partial charge in [-0.3, -0.25) is 4.90 Å². The van der Waals surface area contributed by atoms with Crippen molar-refractivity contribution in [3.63, 3.8) is 0 Å². The number of hydrogen-bond acceptors (Lipinski definition) is 3. The molecular weight excluding hydrogens is 233 g/mol. The Morgan fingerprint density at radius 2 is 2.17 bits per heavy atom. The van der Waals surface area contributed by atoms with E-state index in [1.807, 2.05) is 11.9 Å². The third kappa shape index (κ3) is 4.84. The first kappa shape index (κ1) is 14.7. The van der Waals surface area contributed by atoms with E-state index in [1.54, 1.807) is 19.1 Å². The van der Waals surface area contributed by atoms with Crippen LogP contribution in [0.5, 0.6) is 0 Å². The number of rotatable bonds is 4. The van der Waals surface area contributed by atoms with E-state index in [2.05, 4.69) is 11.8 Å². The molecule has 0 heterocycles. The zero-order valence-electron chi connectivity index (χ0n) is 10.7. The maximum absolute atomic E-state index is 13.8. The van der Waals surface area contributed by atoms with Crippen LogP contribution in [0.15, 0.2) is 18.2 Å². The highest BCUT2D eigenvalue weighted by Crippen LogP contribution is 2.12. The fourth-order valence-corrected chi connectivity index (χ4v) is 1.70. The van der Waals surface area contributed by atoms with Gasteiger partial charge in [-0.2, -0.15) is 0 Å². The molecule has 0 aromatic heterocycles. The summed E-state index contributed by atoms with van der Waals surface area (Å²) in [5, 5.41) is 17.8. The molecule has 18 heavy (non-hydrogen) atoms. The van der Waals surface area contributed by atoms with Crippen molar-refractivity contribution in [1.29, 1.82) is 0 Å². The van der Waals surface area contributed by atoms with Crippen LogP contribution in [0.25, 0.3) is 0 Å². The van der Waals surface area contributed by atoms with Gasteiger partial charge in [0.05, 0.1) is 6.10 Å². The zero-order chi connectivity index (χ0) is 13.5. The van der Waals surface area contributed by atoms with E-state index in [9.17, 15) is 9.50 Å². The van der Waals surface area contributed by atoms with Crippen molar-refractivity contribution in [2.24, 2.45) is 0 Å². The van der Waals surface area contributed by atoms with Gasteiger partial charge in [-0.1, -0.05) is 17.9 Å². The lowest BCUT2D eigenvalue weighted by Crippen LogP contribution is -2.27. The van der Waals surface area contributed by atoms with Gasteiger partial charge < -0.3 is 10.2 Å². The number of aliphatic hydroxyl groups is 2. The molecule has 1 aromatic rings. The number of halogens is 1. The molecule has 1 aromatic carbocycles. The van der Waals surface area contributed by atoms with Crippen molar-refractivity contribution in [2.45, 2.75) is 19.6 Å². The highest BCUT2D eigenvalue weighted by atomic mass is 19.1. The minimum absolute atomic E-state index is 0.236. The van der Waals surface area contributed by atoms with E-state index >= 15 is 0 Å². The van der Waals surface area contributed by atoms with Crippen molar-refractivity contribution in [2.75, 3.05) is 20.2 Å². The molecule has 0 saturated carbocycles. The molecule has 98 valence electrons. The van der Waals surface area contributed by atoms with E-state index in [4.69, 9.17) is 5.11 Å². The van der Waals surface area contributed by atoms with Gasteiger partial charge in [-0.05, 0) is 26.1 Å². The standard InChI is InChI=1S/C14H18FNO2/c1-11(18)9-16(2)10-13-6-5-12(4-3-7-17)8-14(13)15/h5-6,8,11,17-18H,7,9-10H2,1-2H3. The van der Waals surface area contributed by atoms with Gasteiger partial charge in [0.2, 0.25) is 0 Å². The molecule has 1 rings (SSSR count). The molecule has 3 nitrogen and oxygen atoms in total. The fourth-order valence-electron chi connectivity index (χ4n) is 1.70. The summed E-state index contributed by atoms with van der Waals surface area (Å²) in [6.45, 7) is 2.39. The summed E-state index contributed by atoms with van der Waals surface area (Å²) in [5.41, 5.74) is 1.11. The molecule has 0 aliphatic carbocycles. The predicted octanol–water partition coefficient (Wildman–Crippen LogP) is 0.982. The van der Waals surface area contributed by atoms with E-state index in [0.29, 0.717) is 24.2 Å². The van der Waals surface area contributed by atoms with Crippen LogP contribution in [0.1, 0.15) is 18.1 Å². The van der Waals surface area contributed by atoms with Gasteiger partial charge in [0, 0.05) is 24.2 Å². The molecule has 0 spiro atoms. The third-order valence-corrected chi connectivity index (χ3v) is 2.38. The van der Waals surface area contributed by atoms with E-state index in [1.165, 1.54) is 6.07 Å². The Balaban J connectivity index is 2.73. The number of nitrogens with zero attached hydrogens (tertiary/aromatic N) is 1. The lowest BCUT2D eigenvalue weighted by molar-refractivity contribution is 0.137. The molecule has 0 bridgehead atoms. The lowest BCUT2D eigenvalue weighted by atomic mass is 10.1. The smallest absolute Gasteiger partial charge is 0.128 e. The van der Waals surface area contributed by atoms with Gasteiger partial charge in [-0.15, -0.1) is 0 Å².